The van der Waals surface area contributed by atoms with Crippen LogP contribution in [0.25, 0.3) is 0 Å². The minimum Gasteiger partial charge on any atom is -0.748 e. The summed E-state index contributed by atoms with van der Waals surface area (Å²) in [6.07, 6.45) is 18.2. The Labute approximate surface area is 197 Å². The van der Waals surface area contributed by atoms with Crippen LogP contribution in [-0.4, -0.2) is 29.4 Å². The fourth-order valence-electron chi connectivity index (χ4n) is 3.62. The van der Waals surface area contributed by atoms with Gasteiger partial charge < -0.3 is 9.66 Å². The molecule has 0 bridgehead atoms. The van der Waals surface area contributed by atoms with E-state index in [4.69, 9.17) is 0 Å². The molecule has 0 aliphatic rings. The molecule has 0 radical (unpaired) electrons. The summed E-state index contributed by atoms with van der Waals surface area (Å²) in [4.78, 5) is 0. The van der Waals surface area contributed by atoms with Crippen molar-refractivity contribution in [3.8, 4) is 0 Å². The standard InChI is InChI=1S/C22H46O4S.Na/c1-3-5-7-8-9-10-11-12-13-14-16-17-21(23)19-20-22(27(24,25)26)18-15-6-4-2;/h21-23H,3-20H2,1-2H3,(H,24,25,26);/q;+1/p-1. The molecular weight excluding hydrogens is 383 g/mol. The summed E-state index contributed by atoms with van der Waals surface area (Å²) < 4.78 is 34.1. The molecule has 0 amide bonds. The summed E-state index contributed by atoms with van der Waals surface area (Å²) in [6.45, 7) is 4.30. The molecule has 0 aliphatic carbocycles. The third kappa shape index (κ3) is 20.2. The Balaban J connectivity index is 0. The molecule has 0 heterocycles. The minimum atomic E-state index is -4.25. The van der Waals surface area contributed by atoms with E-state index in [1.165, 1.54) is 57.8 Å². The van der Waals surface area contributed by atoms with Crippen molar-refractivity contribution in [2.24, 2.45) is 0 Å². The van der Waals surface area contributed by atoms with Gasteiger partial charge in [-0.25, -0.2) is 8.42 Å². The monoisotopic (exact) mass is 428 g/mol. The van der Waals surface area contributed by atoms with Crippen LogP contribution in [0.4, 0.5) is 0 Å². The Morgan fingerprint density at radius 1 is 0.643 bits per heavy atom. The number of aliphatic hydroxyl groups is 1. The molecule has 0 aromatic heterocycles. The van der Waals surface area contributed by atoms with E-state index in [1.54, 1.807) is 0 Å². The van der Waals surface area contributed by atoms with E-state index in [9.17, 15) is 18.1 Å². The van der Waals surface area contributed by atoms with Gasteiger partial charge in [-0.15, -0.1) is 0 Å². The molecule has 0 saturated carbocycles. The van der Waals surface area contributed by atoms with E-state index in [2.05, 4.69) is 13.8 Å². The van der Waals surface area contributed by atoms with Crippen molar-refractivity contribution < 1.29 is 47.6 Å². The third-order valence-electron chi connectivity index (χ3n) is 5.50. The Bertz CT molecular complexity index is 415. The number of hydrogen-bond donors (Lipinski definition) is 1. The van der Waals surface area contributed by atoms with Gasteiger partial charge in [-0.1, -0.05) is 104 Å². The molecule has 164 valence electrons. The predicted molar refractivity (Wildman–Crippen MR) is 114 cm³/mol. The quantitative estimate of drug-likeness (QED) is 0.183. The van der Waals surface area contributed by atoms with Gasteiger partial charge in [-0.2, -0.15) is 0 Å². The molecule has 0 spiro atoms. The van der Waals surface area contributed by atoms with Crippen molar-refractivity contribution in [2.75, 3.05) is 0 Å². The zero-order valence-electron chi connectivity index (χ0n) is 19.0. The maximum Gasteiger partial charge on any atom is 1.00 e. The molecule has 0 fully saturated rings. The van der Waals surface area contributed by atoms with E-state index in [0.29, 0.717) is 19.3 Å². The van der Waals surface area contributed by atoms with Crippen LogP contribution in [0, 0.1) is 0 Å². The van der Waals surface area contributed by atoms with Crippen LogP contribution in [0.1, 0.15) is 129 Å². The average molecular weight is 429 g/mol. The van der Waals surface area contributed by atoms with Gasteiger partial charge in [0, 0.05) is 5.25 Å². The molecule has 0 rings (SSSR count). The minimum absolute atomic E-state index is 0. The van der Waals surface area contributed by atoms with Crippen molar-refractivity contribution in [2.45, 2.75) is 141 Å². The summed E-state index contributed by atoms with van der Waals surface area (Å²) in [6, 6.07) is 0. The summed E-state index contributed by atoms with van der Waals surface area (Å²) in [5, 5.41) is 9.26. The van der Waals surface area contributed by atoms with Crippen LogP contribution in [0.2, 0.25) is 0 Å². The van der Waals surface area contributed by atoms with Gasteiger partial charge in [0.1, 0.15) is 0 Å². The molecule has 4 nitrogen and oxygen atoms in total. The zero-order valence-corrected chi connectivity index (χ0v) is 21.8. The summed E-state index contributed by atoms with van der Waals surface area (Å²) in [5.74, 6) is 0. The SMILES string of the molecule is CCCCCCCCCCCCCC(O)CCC(CCCCC)S(=O)(=O)[O-].[Na+]. The Kier molecular flexibility index (Phi) is 23.4. The molecule has 0 aliphatic heterocycles. The van der Waals surface area contributed by atoms with Crippen LogP contribution in [0.15, 0.2) is 0 Å². The van der Waals surface area contributed by atoms with Crippen LogP contribution in [0.5, 0.6) is 0 Å². The molecular formula is C22H45NaO4S. The van der Waals surface area contributed by atoms with E-state index in [-0.39, 0.29) is 29.6 Å². The first-order chi connectivity index (χ1) is 12.9. The molecule has 6 heteroatoms. The van der Waals surface area contributed by atoms with E-state index in [0.717, 1.165) is 38.5 Å². The molecule has 1 N–H and O–H groups in total. The molecule has 2 unspecified atom stereocenters. The van der Waals surface area contributed by atoms with Gasteiger partial charge in [-0.05, 0) is 25.7 Å². The van der Waals surface area contributed by atoms with Crippen LogP contribution < -0.4 is 29.6 Å². The van der Waals surface area contributed by atoms with Crippen molar-refractivity contribution >= 4 is 10.1 Å². The summed E-state index contributed by atoms with van der Waals surface area (Å²) in [7, 11) is -4.25. The molecule has 0 saturated heterocycles. The van der Waals surface area contributed by atoms with Gasteiger partial charge in [0.25, 0.3) is 0 Å². The second-order valence-electron chi connectivity index (χ2n) is 8.17. The van der Waals surface area contributed by atoms with Crippen molar-refractivity contribution in [3.63, 3.8) is 0 Å². The number of hydrogen-bond acceptors (Lipinski definition) is 4. The van der Waals surface area contributed by atoms with E-state index in [1.807, 2.05) is 0 Å². The smallest absolute Gasteiger partial charge is 0.748 e. The Morgan fingerprint density at radius 3 is 1.50 bits per heavy atom. The van der Waals surface area contributed by atoms with Crippen molar-refractivity contribution in [3.05, 3.63) is 0 Å². The van der Waals surface area contributed by atoms with Crippen molar-refractivity contribution in [1.29, 1.82) is 0 Å². The Morgan fingerprint density at radius 2 is 1.04 bits per heavy atom. The first kappa shape index (κ1) is 31.1. The van der Waals surface area contributed by atoms with Gasteiger partial charge >= 0.3 is 29.6 Å². The van der Waals surface area contributed by atoms with Crippen LogP contribution >= 0.6 is 0 Å². The number of aliphatic hydroxyl groups excluding tert-OH is 1. The maximum absolute atomic E-state index is 11.4. The number of rotatable bonds is 20. The normalized spacial score (nSPS) is 13.9. The zero-order chi connectivity index (χ0) is 20.4. The van der Waals surface area contributed by atoms with Crippen LogP contribution in [0.3, 0.4) is 0 Å². The largest absolute Gasteiger partial charge is 1.00 e. The van der Waals surface area contributed by atoms with E-state index >= 15 is 0 Å². The third-order valence-corrected chi connectivity index (χ3v) is 6.79. The molecule has 0 aromatic carbocycles. The summed E-state index contributed by atoms with van der Waals surface area (Å²) >= 11 is 0. The van der Waals surface area contributed by atoms with Gasteiger partial charge in [0.15, 0.2) is 0 Å². The topological polar surface area (TPSA) is 77.4 Å². The average Bonchev–Trinajstić information content (AvgIpc) is 2.61. The maximum atomic E-state index is 11.4. The van der Waals surface area contributed by atoms with Gasteiger partial charge in [0.2, 0.25) is 0 Å². The molecule has 2 atom stereocenters. The fourth-order valence-corrected chi connectivity index (χ4v) is 4.50. The van der Waals surface area contributed by atoms with Gasteiger partial charge in [-0.3, -0.25) is 0 Å². The predicted octanol–water partition coefficient (Wildman–Crippen LogP) is 3.33. The van der Waals surface area contributed by atoms with Crippen molar-refractivity contribution in [1.82, 2.24) is 0 Å². The van der Waals surface area contributed by atoms with Crippen LogP contribution in [-0.2, 0) is 10.1 Å². The molecule has 0 aromatic rings. The number of unbranched alkanes of at least 4 members (excludes halogenated alkanes) is 12. The summed E-state index contributed by atoms with van der Waals surface area (Å²) in [5.41, 5.74) is 0. The fraction of sp³-hybridized carbons (Fsp3) is 1.00. The van der Waals surface area contributed by atoms with Gasteiger partial charge in [0.05, 0.1) is 16.2 Å². The van der Waals surface area contributed by atoms with E-state index < -0.39 is 21.5 Å². The molecule has 28 heavy (non-hydrogen) atoms. The Hall–Kier alpha value is 0.870. The second-order valence-corrected chi connectivity index (χ2v) is 9.82. The second kappa shape index (κ2) is 21.1. The first-order valence-corrected chi connectivity index (χ1v) is 13.0. The first-order valence-electron chi connectivity index (χ1n) is 11.5.